The molecule has 0 aliphatic heterocycles. The van der Waals surface area contributed by atoms with Gasteiger partial charge in [0.15, 0.2) is 0 Å². The van der Waals surface area contributed by atoms with E-state index in [1.807, 2.05) is 6.07 Å². The maximum absolute atomic E-state index is 12.2. The Balaban J connectivity index is 3.30. The highest BCUT2D eigenvalue weighted by Crippen LogP contribution is 2.07. The van der Waals surface area contributed by atoms with Crippen molar-refractivity contribution in [2.75, 3.05) is 6.61 Å². The van der Waals surface area contributed by atoms with E-state index in [9.17, 15) is 9.59 Å². The number of pyridine rings is 1. The van der Waals surface area contributed by atoms with Crippen LogP contribution in [0.4, 0.5) is 0 Å². The minimum absolute atomic E-state index is 0.0564. The maximum atomic E-state index is 12.2. The third kappa shape index (κ3) is 3.57. The van der Waals surface area contributed by atoms with Crippen molar-refractivity contribution in [3.63, 3.8) is 0 Å². The predicted octanol–water partition coefficient (Wildman–Crippen LogP) is 1.76. The Morgan fingerprint density at radius 3 is 2.67 bits per heavy atom. The van der Waals surface area contributed by atoms with E-state index in [0.29, 0.717) is 23.6 Å². The second-order valence-corrected chi connectivity index (χ2v) is 4.79. The highest BCUT2D eigenvalue weighted by atomic mass is 16.5. The first-order chi connectivity index (χ1) is 9.83. The number of rotatable bonds is 4. The quantitative estimate of drug-likeness (QED) is 0.624. The molecule has 0 spiro atoms. The van der Waals surface area contributed by atoms with E-state index in [4.69, 9.17) is 10.00 Å². The van der Waals surface area contributed by atoms with E-state index < -0.39 is 17.4 Å². The van der Waals surface area contributed by atoms with Gasteiger partial charge in [0.1, 0.15) is 11.6 Å². The fourth-order valence-corrected chi connectivity index (χ4v) is 1.82. The lowest BCUT2D eigenvalue weighted by Crippen LogP contribution is -2.27. The van der Waals surface area contributed by atoms with Gasteiger partial charge in [-0.2, -0.15) is 10.4 Å². The minimum Gasteiger partial charge on any atom is -0.465 e. The largest absolute Gasteiger partial charge is 0.465 e. The lowest BCUT2D eigenvalue weighted by molar-refractivity contribution is -0.145. The fraction of sp³-hybridized carbons (Fsp3) is 0.467. The molecule has 0 aromatic carbocycles. The molecule has 0 bridgehead atoms. The average molecular weight is 289 g/mol. The Hall–Kier alpha value is -2.42. The normalized spacial score (nSPS) is 12.7. The molecule has 0 aliphatic carbocycles. The van der Waals surface area contributed by atoms with E-state index in [1.165, 1.54) is 0 Å². The number of nitrogens with zero attached hydrogens (tertiary/aromatic N) is 3. The van der Waals surface area contributed by atoms with Crippen LogP contribution in [0.25, 0.3) is 0 Å². The van der Waals surface area contributed by atoms with Gasteiger partial charge in [0.25, 0.3) is 5.56 Å². The highest BCUT2D eigenvalue weighted by Gasteiger charge is 2.18. The predicted molar refractivity (Wildman–Crippen MR) is 79.2 cm³/mol. The van der Waals surface area contributed by atoms with Gasteiger partial charge in [-0.3, -0.25) is 9.59 Å². The van der Waals surface area contributed by atoms with Crippen LogP contribution in [0.5, 0.6) is 0 Å². The van der Waals surface area contributed by atoms with E-state index in [0.717, 1.165) is 4.68 Å². The lowest BCUT2D eigenvalue weighted by Gasteiger charge is -2.12. The lowest BCUT2D eigenvalue weighted by atomic mass is 10.1. The van der Waals surface area contributed by atoms with Crippen LogP contribution < -0.4 is 5.56 Å². The SMILES string of the molecule is CCOC(=O)C(C)/C(C)=N/n1c(C)cc(C)c(C#N)c1=O. The summed E-state index contributed by atoms with van der Waals surface area (Å²) in [6, 6.07) is 3.60. The molecule has 0 radical (unpaired) electrons. The monoisotopic (exact) mass is 289 g/mol. The average Bonchev–Trinajstić information content (AvgIpc) is 2.42. The zero-order chi connectivity index (χ0) is 16.2. The molecule has 6 heteroatoms. The van der Waals surface area contributed by atoms with Gasteiger partial charge in [-0.05, 0) is 46.2 Å². The van der Waals surface area contributed by atoms with Gasteiger partial charge in [0.2, 0.25) is 0 Å². The molecule has 0 aliphatic rings. The summed E-state index contributed by atoms with van der Waals surface area (Å²) in [6.07, 6.45) is 0. The van der Waals surface area contributed by atoms with Crippen molar-refractivity contribution >= 4 is 11.7 Å². The molecule has 0 saturated heterocycles. The highest BCUT2D eigenvalue weighted by molar-refractivity contribution is 6.00. The van der Waals surface area contributed by atoms with Crippen molar-refractivity contribution in [3.8, 4) is 6.07 Å². The number of hydrogen-bond acceptors (Lipinski definition) is 5. The van der Waals surface area contributed by atoms with Gasteiger partial charge in [0, 0.05) is 11.4 Å². The molecule has 1 rings (SSSR count). The number of carbonyl (C=O) groups excluding carboxylic acids is 1. The van der Waals surface area contributed by atoms with Crippen LogP contribution in [0, 0.1) is 31.1 Å². The van der Waals surface area contributed by atoms with Crippen LogP contribution in [0.2, 0.25) is 0 Å². The topological polar surface area (TPSA) is 84.4 Å². The summed E-state index contributed by atoms with van der Waals surface area (Å²) in [5.41, 5.74) is 1.24. The first-order valence-corrected chi connectivity index (χ1v) is 6.68. The van der Waals surface area contributed by atoms with Crippen LogP contribution in [0.3, 0.4) is 0 Å². The van der Waals surface area contributed by atoms with Gasteiger partial charge < -0.3 is 4.74 Å². The zero-order valence-corrected chi connectivity index (χ0v) is 12.9. The van der Waals surface area contributed by atoms with E-state index in [1.54, 1.807) is 40.7 Å². The number of esters is 1. The Bertz CT molecular complexity index is 681. The molecule has 6 nitrogen and oxygen atoms in total. The molecule has 112 valence electrons. The Morgan fingerprint density at radius 1 is 1.52 bits per heavy atom. The second kappa shape index (κ2) is 6.84. The molecule has 1 aromatic rings. The number of nitriles is 1. The molecule has 0 fully saturated rings. The van der Waals surface area contributed by atoms with Gasteiger partial charge in [0.05, 0.1) is 12.5 Å². The molecule has 1 heterocycles. The van der Waals surface area contributed by atoms with Crippen molar-refractivity contribution in [3.05, 3.63) is 33.2 Å². The summed E-state index contributed by atoms with van der Waals surface area (Å²) < 4.78 is 6.08. The standard InChI is InChI=1S/C15H19N3O3/c1-6-21-15(20)11(4)12(5)17-18-10(3)7-9(2)13(8-16)14(18)19/h7,11H,6H2,1-5H3/b17-12+. The first-order valence-electron chi connectivity index (χ1n) is 6.68. The third-order valence-electron chi connectivity index (χ3n) is 3.20. The summed E-state index contributed by atoms with van der Waals surface area (Å²) in [7, 11) is 0. The van der Waals surface area contributed by atoms with Crippen molar-refractivity contribution in [1.29, 1.82) is 5.26 Å². The van der Waals surface area contributed by atoms with Crippen molar-refractivity contribution in [2.45, 2.75) is 34.6 Å². The van der Waals surface area contributed by atoms with Gasteiger partial charge in [-0.1, -0.05) is 0 Å². The maximum Gasteiger partial charge on any atom is 0.314 e. The van der Waals surface area contributed by atoms with Crippen LogP contribution in [-0.4, -0.2) is 23.0 Å². The summed E-state index contributed by atoms with van der Waals surface area (Å²) in [5.74, 6) is -0.944. The van der Waals surface area contributed by atoms with Gasteiger partial charge in [-0.15, -0.1) is 0 Å². The molecule has 1 atom stereocenters. The van der Waals surface area contributed by atoms with Crippen LogP contribution >= 0.6 is 0 Å². The second-order valence-electron chi connectivity index (χ2n) is 4.79. The molecular formula is C15H19N3O3. The molecule has 0 amide bonds. The van der Waals surface area contributed by atoms with Crippen LogP contribution in [-0.2, 0) is 9.53 Å². The molecule has 0 saturated carbocycles. The minimum atomic E-state index is -0.553. The van der Waals surface area contributed by atoms with Crippen molar-refractivity contribution in [1.82, 2.24) is 4.68 Å². The molecule has 1 aromatic heterocycles. The van der Waals surface area contributed by atoms with Gasteiger partial charge in [-0.25, -0.2) is 4.68 Å². The summed E-state index contributed by atoms with van der Waals surface area (Å²) >= 11 is 0. The van der Waals surface area contributed by atoms with E-state index >= 15 is 0 Å². The Kier molecular flexibility index (Phi) is 5.42. The van der Waals surface area contributed by atoms with Crippen LogP contribution in [0.15, 0.2) is 16.0 Å². The molecule has 21 heavy (non-hydrogen) atoms. The van der Waals surface area contributed by atoms with E-state index in [2.05, 4.69) is 5.10 Å². The molecule has 0 N–H and O–H groups in total. The number of hydrogen-bond donors (Lipinski definition) is 0. The van der Waals surface area contributed by atoms with Crippen molar-refractivity contribution in [2.24, 2.45) is 11.0 Å². The molecular weight excluding hydrogens is 270 g/mol. The smallest absolute Gasteiger partial charge is 0.314 e. The van der Waals surface area contributed by atoms with Crippen LogP contribution in [0.1, 0.15) is 37.6 Å². The summed E-state index contributed by atoms with van der Waals surface area (Å²) in [4.78, 5) is 23.9. The number of aryl methyl sites for hydroxylation is 2. The first kappa shape index (κ1) is 16.6. The number of carbonyl (C=O) groups is 1. The summed E-state index contributed by atoms with van der Waals surface area (Å²) in [5, 5.41) is 13.2. The number of aromatic nitrogens is 1. The summed E-state index contributed by atoms with van der Waals surface area (Å²) in [6.45, 7) is 8.76. The third-order valence-corrected chi connectivity index (χ3v) is 3.20. The Labute approximate surface area is 123 Å². The fourth-order valence-electron chi connectivity index (χ4n) is 1.82. The van der Waals surface area contributed by atoms with Gasteiger partial charge >= 0.3 is 5.97 Å². The molecule has 1 unspecified atom stereocenters. The van der Waals surface area contributed by atoms with E-state index in [-0.39, 0.29) is 5.56 Å². The number of ether oxygens (including phenoxy) is 1. The van der Waals surface area contributed by atoms with Crippen molar-refractivity contribution < 1.29 is 9.53 Å². The zero-order valence-electron chi connectivity index (χ0n) is 12.9. The Morgan fingerprint density at radius 2 is 2.14 bits per heavy atom.